The second kappa shape index (κ2) is 6.85. The van der Waals surface area contributed by atoms with Gasteiger partial charge in [0.1, 0.15) is 0 Å². The minimum absolute atomic E-state index is 0.0540. The Morgan fingerprint density at radius 2 is 1.44 bits per heavy atom. The third kappa shape index (κ3) is 4.06. The van der Waals surface area contributed by atoms with Gasteiger partial charge in [0.2, 0.25) is 0 Å². The number of quaternary nitrogens is 1. The predicted molar refractivity (Wildman–Crippen MR) is 75.6 cm³/mol. The van der Waals surface area contributed by atoms with Crippen molar-refractivity contribution in [3.63, 3.8) is 0 Å². The van der Waals surface area contributed by atoms with Gasteiger partial charge in [-0.25, -0.2) is 16.8 Å². The maximum absolute atomic E-state index is 12.9. The van der Waals surface area contributed by atoms with Crippen LogP contribution in [0.2, 0.25) is 0 Å². The van der Waals surface area contributed by atoms with Crippen LogP contribution in [0.5, 0.6) is 0 Å². The number of halogens is 6. The van der Waals surface area contributed by atoms with Crippen LogP contribution in [0.4, 0.5) is 26.3 Å². The summed E-state index contributed by atoms with van der Waals surface area (Å²) in [4.78, 5) is 0. The number of hydrogen-bond donors (Lipinski definition) is 0. The fraction of sp³-hybridized carbons (Fsp3) is 1.00. The number of hydrogen-bond acceptors (Lipinski definition) is 4. The molecule has 1 fully saturated rings. The Kier molecular flexibility index (Phi) is 6.15. The van der Waals surface area contributed by atoms with Crippen molar-refractivity contribution < 1.29 is 47.7 Å². The zero-order chi connectivity index (χ0) is 19.9. The Labute approximate surface area is 142 Å². The molecule has 0 amide bonds. The topological polar surface area (TPSA) is 71.5 Å². The molecule has 0 saturated carbocycles. The van der Waals surface area contributed by atoms with Gasteiger partial charge in [-0.3, -0.25) is 0 Å². The third-order valence-corrected chi connectivity index (χ3v) is 7.96. The second-order valence-corrected chi connectivity index (χ2v) is 9.87. The smallest absolute Gasteiger partial charge is 0.309 e. The lowest BCUT2D eigenvalue weighted by Gasteiger charge is -2.40. The van der Waals surface area contributed by atoms with Crippen molar-refractivity contribution in [2.75, 3.05) is 20.1 Å². The molecule has 0 aliphatic carbocycles. The quantitative estimate of drug-likeness (QED) is 0.488. The molecule has 1 aliphatic rings. The van der Waals surface area contributed by atoms with Gasteiger partial charge in [0.15, 0.2) is 6.17 Å². The van der Waals surface area contributed by atoms with E-state index in [2.05, 4.69) is 0 Å². The van der Waals surface area contributed by atoms with Crippen LogP contribution >= 0.6 is 0 Å². The van der Waals surface area contributed by atoms with Crippen LogP contribution in [0.25, 0.3) is 0 Å². The average Bonchev–Trinajstić information content (AvgIpc) is 2.76. The normalized spacial score (nSPS) is 26.4. The van der Waals surface area contributed by atoms with Crippen molar-refractivity contribution in [3.8, 4) is 0 Å². The minimum atomic E-state index is -6.75. The summed E-state index contributed by atoms with van der Waals surface area (Å²) >= 11 is 0. The van der Waals surface area contributed by atoms with Crippen LogP contribution < -0.4 is 0 Å². The molecule has 0 bridgehead atoms. The molecule has 2 unspecified atom stereocenters. The van der Waals surface area contributed by atoms with E-state index in [1.54, 1.807) is 6.92 Å². The summed E-state index contributed by atoms with van der Waals surface area (Å²) in [6, 6.07) is 0. The lowest BCUT2D eigenvalue weighted by molar-refractivity contribution is -0.927. The maximum Gasteiger partial charge on any atom is 0.512 e. The fourth-order valence-electron chi connectivity index (χ4n) is 2.86. The number of likely N-dealkylation sites (tertiary alicyclic amines) is 1. The van der Waals surface area contributed by atoms with E-state index in [1.165, 1.54) is 7.05 Å². The molecule has 14 heteroatoms. The molecule has 0 aromatic heterocycles. The second-order valence-electron chi connectivity index (χ2n) is 6.03. The SMILES string of the molecule is CCCC[N+]1(C)CCCC1N(S(=O)(=O)C(F)(F)F)S(=O)(=O)C(F)(F)F. The van der Waals surface area contributed by atoms with Gasteiger partial charge in [0.25, 0.3) is 0 Å². The molecule has 2 atom stereocenters. The van der Waals surface area contributed by atoms with Crippen molar-refractivity contribution in [1.82, 2.24) is 3.71 Å². The summed E-state index contributed by atoms with van der Waals surface area (Å²) in [5.74, 6) is 0. The summed E-state index contributed by atoms with van der Waals surface area (Å²) in [5.41, 5.74) is -12.4. The number of sulfonamides is 2. The maximum atomic E-state index is 12.9. The average molecular weight is 421 g/mol. The van der Waals surface area contributed by atoms with Gasteiger partial charge in [-0.2, -0.15) is 26.3 Å². The first-order valence-electron chi connectivity index (χ1n) is 7.29. The van der Waals surface area contributed by atoms with Gasteiger partial charge in [-0.1, -0.05) is 13.3 Å². The summed E-state index contributed by atoms with van der Waals surface area (Å²) < 4.78 is 122. The van der Waals surface area contributed by atoms with Crippen LogP contribution in [0.3, 0.4) is 0 Å². The van der Waals surface area contributed by atoms with E-state index in [-0.39, 0.29) is 19.5 Å². The van der Waals surface area contributed by atoms with E-state index < -0.39 is 51.8 Å². The van der Waals surface area contributed by atoms with Gasteiger partial charge in [0.05, 0.1) is 20.1 Å². The minimum Gasteiger partial charge on any atom is -0.309 e. The molecule has 6 nitrogen and oxygen atoms in total. The summed E-state index contributed by atoms with van der Waals surface area (Å²) in [6.07, 6.45) is -1.38. The largest absolute Gasteiger partial charge is 0.512 e. The highest BCUT2D eigenvalue weighted by Gasteiger charge is 2.67. The molecule has 1 aliphatic heterocycles. The Balaban J connectivity index is 3.59. The first-order valence-corrected chi connectivity index (χ1v) is 10.2. The molecule has 25 heavy (non-hydrogen) atoms. The van der Waals surface area contributed by atoms with Crippen LogP contribution in [0.15, 0.2) is 0 Å². The first kappa shape index (κ1) is 22.4. The Hall–Kier alpha value is -0.600. The predicted octanol–water partition coefficient (Wildman–Crippen LogP) is 2.35. The molecular weight excluding hydrogens is 402 g/mol. The van der Waals surface area contributed by atoms with Crippen LogP contribution in [-0.4, -0.2) is 62.3 Å². The van der Waals surface area contributed by atoms with Gasteiger partial charge < -0.3 is 4.48 Å². The highest BCUT2D eigenvalue weighted by molar-refractivity contribution is 8.04. The molecule has 0 radical (unpaired) electrons. The van der Waals surface area contributed by atoms with Gasteiger partial charge in [0, 0.05) is 12.8 Å². The molecule has 1 rings (SSSR count). The Bertz CT molecular complexity index is 644. The monoisotopic (exact) mass is 421 g/mol. The van der Waals surface area contributed by atoms with Crippen molar-refractivity contribution in [2.45, 2.75) is 49.8 Å². The standard InChI is InChI=1S/C11H19F6N2O4S2/c1-3-4-7-19(2)8-5-6-9(19)18(24(20,21)10(12,13)14)25(22,23)11(15,16)17/h9H,3-8H2,1-2H3/q+1. The summed E-state index contributed by atoms with van der Waals surface area (Å²) in [7, 11) is -12.2. The molecular formula is C11H19F6N2O4S2+. The van der Waals surface area contributed by atoms with E-state index in [1.807, 2.05) is 0 Å². The van der Waals surface area contributed by atoms with Crippen molar-refractivity contribution in [1.29, 1.82) is 0 Å². The van der Waals surface area contributed by atoms with E-state index in [0.29, 0.717) is 12.8 Å². The lowest BCUT2D eigenvalue weighted by atomic mass is 10.3. The van der Waals surface area contributed by atoms with Gasteiger partial charge in [-0.05, 0) is 10.1 Å². The lowest BCUT2D eigenvalue weighted by Crippen LogP contribution is -2.63. The number of nitrogens with zero attached hydrogens (tertiary/aromatic N) is 2. The molecule has 1 saturated heterocycles. The van der Waals surface area contributed by atoms with E-state index in [4.69, 9.17) is 0 Å². The Morgan fingerprint density at radius 3 is 1.80 bits per heavy atom. The van der Waals surface area contributed by atoms with E-state index in [9.17, 15) is 43.2 Å². The van der Waals surface area contributed by atoms with Crippen LogP contribution in [0, 0.1) is 0 Å². The molecule has 0 spiro atoms. The number of alkyl halides is 6. The van der Waals surface area contributed by atoms with Crippen LogP contribution in [0.1, 0.15) is 32.6 Å². The van der Waals surface area contributed by atoms with Crippen molar-refractivity contribution in [3.05, 3.63) is 0 Å². The first-order chi connectivity index (χ1) is 11.0. The molecule has 1 heterocycles. The van der Waals surface area contributed by atoms with Gasteiger partial charge in [-0.15, -0.1) is 0 Å². The highest BCUT2D eigenvalue weighted by atomic mass is 32.3. The molecule has 0 aromatic carbocycles. The third-order valence-electron chi connectivity index (χ3n) is 4.18. The van der Waals surface area contributed by atoms with Gasteiger partial charge >= 0.3 is 31.1 Å². The van der Waals surface area contributed by atoms with E-state index >= 15 is 0 Å². The van der Waals surface area contributed by atoms with Crippen molar-refractivity contribution in [2.24, 2.45) is 0 Å². The summed E-state index contributed by atoms with van der Waals surface area (Å²) in [5, 5.41) is 0. The zero-order valence-electron chi connectivity index (χ0n) is 13.4. The molecule has 0 N–H and O–H groups in total. The highest BCUT2D eigenvalue weighted by Crippen LogP contribution is 2.41. The van der Waals surface area contributed by atoms with Crippen molar-refractivity contribution >= 4 is 20.0 Å². The number of rotatable bonds is 6. The summed E-state index contributed by atoms with van der Waals surface area (Å²) in [6.45, 7) is 1.86. The Morgan fingerprint density at radius 1 is 1.00 bits per heavy atom. The fourth-order valence-corrected chi connectivity index (χ4v) is 6.12. The van der Waals surface area contributed by atoms with Crippen LogP contribution in [-0.2, 0) is 20.0 Å². The zero-order valence-corrected chi connectivity index (χ0v) is 15.1. The van der Waals surface area contributed by atoms with E-state index in [0.717, 1.165) is 0 Å². The number of unbranched alkanes of at least 4 members (excludes halogenated alkanes) is 1. The molecule has 0 aromatic rings. The molecule has 150 valence electrons.